The van der Waals surface area contributed by atoms with Crippen molar-refractivity contribution < 1.29 is 19.4 Å². The number of carboxylic acid groups (broad SMARTS) is 1. The summed E-state index contributed by atoms with van der Waals surface area (Å²) in [6, 6.07) is -0.238. The van der Waals surface area contributed by atoms with Gasteiger partial charge in [-0.05, 0) is 27.7 Å². The molecule has 110 valence electrons. The predicted molar refractivity (Wildman–Crippen MR) is 71.0 cm³/mol. The Morgan fingerprint density at radius 2 is 1.74 bits per heavy atom. The minimum absolute atomic E-state index is 0.131. The van der Waals surface area contributed by atoms with Gasteiger partial charge in [0.05, 0.1) is 30.2 Å². The Morgan fingerprint density at radius 1 is 1.26 bits per heavy atom. The van der Waals surface area contributed by atoms with Crippen molar-refractivity contribution in [1.82, 2.24) is 10.2 Å². The Bertz CT molecular complexity index is 350. The zero-order valence-electron chi connectivity index (χ0n) is 12.3. The van der Waals surface area contributed by atoms with Gasteiger partial charge in [0.25, 0.3) is 0 Å². The molecule has 0 aromatic heterocycles. The second-order valence-electron chi connectivity index (χ2n) is 6.40. The third-order valence-electron chi connectivity index (χ3n) is 2.96. The number of carboxylic acids is 1. The summed E-state index contributed by atoms with van der Waals surface area (Å²) in [5.41, 5.74) is -0.811. The Kier molecular flexibility index (Phi) is 4.45. The van der Waals surface area contributed by atoms with Crippen LogP contribution in [-0.2, 0) is 9.53 Å². The Morgan fingerprint density at radius 3 is 2.16 bits per heavy atom. The number of aliphatic carboxylic acids is 1. The summed E-state index contributed by atoms with van der Waals surface area (Å²) < 4.78 is 5.89. The number of urea groups is 1. The number of amides is 2. The average molecular weight is 272 g/mol. The lowest BCUT2D eigenvalue weighted by Crippen LogP contribution is -2.60. The lowest BCUT2D eigenvalue weighted by atomic mass is 9.99. The molecule has 2 N–H and O–H groups in total. The van der Waals surface area contributed by atoms with Crippen LogP contribution in [0.1, 0.15) is 34.6 Å². The molecule has 0 radical (unpaired) electrons. The zero-order valence-corrected chi connectivity index (χ0v) is 12.3. The molecule has 0 saturated carbocycles. The first-order chi connectivity index (χ1) is 8.52. The minimum Gasteiger partial charge on any atom is -0.481 e. The molecular weight excluding hydrogens is 248 g/mol. The van der Waals surface area contributed by atoms with E-state index in [2.05, 4.69) is 5.32 Å². The van der Waals surface area contributed by atoms with Crippen LogP contribution in [-0.4, -0.2) is 52.8 Å². The Balaban J connectivity index is 2.59. The van der Waals surface area contributed by atoms with E-state index in [9.17, 15) is 9.59 Å². The van der Waals surface area contributed by atoms with E-state index in [1.54, 1.807) is 11.8 Å². The molecule has 0 aliphatic carbocycles. The van der Waals surface area contributed by atoms with Gasteiger partial charge in [-0.2, -0.15) is 0 Å². The minimum atomic E-state index is -0.914. The summed E-state index contributed by atoms with van der Waals surface area (Å²) in [7, 11) is 0. The fourth-order valence-electron chi connectivity index (χ4n) is 2.37. The Labute approximate surface area is 114 Å². The normalized spacial score (nSPS) is 22.7. The van der Waals surface area contributed by atoms with Crippen molar-refractivity contribution in [3.8, 4) is 0 Å². The first kappa shape index (κ1) is 15.8. The van der Waals surface area contributed by atoms with Gasteiger partial charge in [-0.1, -0.05) is 6.92 Å². The molecule has 1 aliphatic heterocycles. The molecule has 1 saturated heterocycles. The van der Waals surface area contributed by atoms with E-state index in [4.69, 9.17) is 9.84 Å². The molecule has 6 heteroatoms. The summed E-state index contributed by atoms with van der Waals surface area (Å²) in [5.74, 6) is -1.51. The van der Waals surface area contributed by atoms with E-state index >= 15 is 0 Å². The molecule has 1 unspecified atom stereocenters. The van der Waals surface area contributed by atoms with Crippen LogP contribution in [0.4, 0.5) is 4.79 Å². The van der Waals surface area contributed by atoms with Crippen LogP contribution in [0.15, 0.2) is 0 Å². The van der Waals surface area contributed by atoms with Crippen LogP contribution >= 0.6 is 0 Å². The second-order valence-corrected chi connectivity index (χ2v) is 6.40. The van der Waals surface area contributed by atoms with Gasteiger partial charge in [0.15, 0.2) is 0 Å². The van der Waals surface area contributed by atoms with Gasteiger partial charge in [0.2, 0.25) is 0 Å². The van der Waals surface area contributed by atoms with Crippen LogP contribution in [0.5, 0.6) is 0 Å². The quantitative estimate of drug-likeness (QED) is 0.812. The van der Waals surface area contributed by atoms with Crippen LogP contribution in [0, 0.1) is 5.92 Å². The maximum Gasteiger partial charge on any atom is 0.317 e. The van der Waals surface area contributed by atoms with Crippen LogP contribution in [0.25, 0.3) is 0 Å². The lowest BCUT2D eigenvalue weighted by molar-refractivity contribution is -0.170. The van der Waals surface area contributed by atoms with Gasteiger partial charge < -0.3 is 20.1 Å². The SMILES string of the molecule is CC(CNC(=O)N1CC(C)(C)OC(C)(C)C1)C(=O)O. The van der Waals surface area contributed by atoms with E-state index < -0.39 is 23.1 Å². The van der Waals surface area contributed by atoms with Crippen LogP contribution in [0.2, 0.25) is 0 Å². The maximum absolute atomic E-state index is 12.1. The Hall–Kier alpha value is -1.30. The number of hydrogen-bond acceptors (Lipinski definition) is 3. The molecule has 19 heavy (non-hydrogen) atoms. The maximum atomic E-state index is 12.1. The number of carbonyl (C=O) groups excluding carboxylic acids is 1. The van der Waals surface area contributed by atoms with Crippen molar-refractivity contribution in [3.05, 3.63) is 0 Å². The van der Waals surface area contributed by atoms with E-state index in [0.717, 1.165) is 0 Å². The van der Waals surface area contributed by atoms with E-state index in [0.29, 0.717) is 13.1 Å². The first-order valence-electron chi connectivity index (χ1n) is 6.48. The van der Waals surface area contributed by atoms with Crippen molar-refractivity contribution in [3.63, 3.8) is 0 Å². The number of carbonyl (C=O) groups is 2. The molecule has 1 rings (SSSR count). The summed E-state index contributed by atoms with van der Waals surface area (Å²) >= 11 is 0. The number of hydrogen-bond donors (Lipinski definition) is 2. The molecule has 0 aromatic carbocycles. The van der Waals surface area contributed by atoms with E-state index in [1.807, 2.05) is 27.7 Å². The highest BCUT2D eigenvalue weighted by atomic mass is 16.5. The van der Waals surface area contributed by atoms with Gasteiger partial charge in [-0.25, -0.2) is 4.79 Å². The van der Waals surface area contributed by atoms with Crippen LogP contribution < -0.4 is 5.32 Å². The molecule has 1 fully saturated rings. The summed E-state index contributed by atoms with van der Waals surface area (Å²) in [4.78, 5) is 24.5. The van der Waals surface area contributed by atoms with Crippen molar-refractivity contribution >= 4 is 12.0 Å². The fraction of sp³-hybridized carbons (Fsp3) is 0.846. The molecule has 0 bridgehead atoms. The van der Waals surface area contributed by atoms with Crippen LogP contribution in [0.3, 0.4) is 0 Å². The highest BCUT2D eigenvalue weighted by Gasteiger charge is 2.39. The third-order valence-corrected chi connectivity index (χ3v) is 2.96. The van der Waals surface area contributed by atoms with Gasteiger partial charge in [0, 0.05) is 6.54 Å². The average Bonchev–Trinajstić information content (AvgIpc) is 2.20. The van der Waals surface area contributed by atoms with Gasteiger partial charge >= 0.3 is 12.0 Å². The molecular formula is C13H24N2O4. The zero-order chi connectivity index (χ0) is 14.8. The summed E-state index contributed by atoms with van der Waals surface area (Å²) in [6.45, 7) is 10.4. The highest BCUT2D eigenvalue weighted by molar-refractivity contribution is 5.76. The largest absolute Gasteiger partial charge is 0.481 e. The molecule has 0 aromatic rings. The number of nitrogens with zero attached hydrogens (tertiary/aromatic N) is 1. The van der Waals surface area contributed by atoms with Crippen molar-refractivity contribution in [2.24, 2.45) is 5.92 Å². The molecule has 2 amide bonds. The molecule has 0 spiro atoms. The van der Waals surface area contributed by atoms with Crippen molar-refractivity contribution in [2.45, 2.75) is 45.8 Å². The second kappa shape index (κ2) is 5.36. The van der Waals surface area contributed by atoms with E-state index in [1.165, 1.54) is 0 Å². The number of nitrogens with one attached hydrogen (secondary N) is 1. The number of ether oxygens (including phenoxy) is 1. The number of rotatable bonds is 3. The summed E-state index contributed by atoms with van der Waals surface area (Å²) in [5, 5.41) is 11.4. The highest BCUT2D eigenvalue weighted by Crippen LogP contribution is 2.27. The lowest BCUT2D eigenvalue weighted by Gasteiger charge is -2.47. The summed E-state index contributed by atoms with van der Waals surface area (Å²) in [6.07, 6.45) is 0. The van der Waals surface area contributed by atoms with Gasteiger partial charge in [0.1, 0.15) is 0 Å². The van der Waals surface area contributed by atoms with E-state index in [-0.39, 0.29) is 12.6 Å². The predicted octanol–water partition coefficient (Wildman–Crippen LogP) is 1.31. The van der Waals surface area contributed by atoms with Gasteiger partial charge in [-0.3, -0.25) is 4.79 Å². The van der Waals surface area contributed by atoms with Crippen molar-refractivity contribution in [2.75, 3.05) is 19.6 Å². The monoisotopic (exact) mass is 272 g/mol. The fourth-order valence-corrected chi connectivity index (χ4v) is 2.37. The molecule has 1 heterocycles. The first-order valence-corrected chi connectivity index (χ1v) is 6.48. The topological polar surface area (TPSA) is 78.9 Å². The van der Waals surface area contributed by atoms with Gasteiger partial charge in [-0.15, -0.1) is 0 Å². The van der Waals surface area contributed by atoms with Crippen molar-refractivity contribution in [1.29, 1.82) is 0 Å². The number of morpholine rings is 1. The third kappa shape index (κ3) is 4.70. The molecule has 1 aliphatic rings. The standard InChI is InChI=1S/C13H24N2O4/c1-9(10(16)17)6-14-11(18)15-7-12(2,3)19-13(4,5)8-15/h9H,6-8H2,1-5H3,(H,14,18)(H,16,17). The molecule has 6 nitrogen and oxygen atoms in total. The molecule has 1 atom stereocenters. The smallest absolute Gasteiger partial charge is 0.317 e.